The van der Waals surface area contributed by atoms with Gasteiger partial charge >= 0.3 is 0 Å². The Labute approximate surface area is 117 Å². The van der Waals surface area contributed by atoms with Crippen molar-refractivity contribution in [3.63, 3.8) is 0 Å². The fourth-order valence-electron chi connectivity index (χ4n) is 4.38. The van der Waals surface area contributed by atoms with Gasteiger partial charge in [-0.25, -0.2) is 0 Å². The zero-order chi connectivity index (χ0) is 14.3. The number of hydrogen-bond acceptors (Lipinski definition) is 5. The van der Waals surface area contributed by atoms with Gasteiger partial charge in [-0.3, -0.25) is 4.79 Å². The van der Waals surface area contributed by atoms with Gasteiger partial charge in [0.1, 0.15) is 6.10 Å². The average Bonchev–Trinajstić information content (AvgIpc) is 3.29. The second-order valence-corrected chi connectivity index (χ2v) is 6.89. The molecule has 0 bridgehead atoms. The molecule has 6 atom stereocenters. The summed E-state index contributed by atoms with van der Waals surface area (Å²) in [7, 11) is 0. The minimum absolute atomic E-state index is 0.0250. The quantitative estimate of drug-likeness (QED) is 0.706. The van der Waals surface area contributed by atoms with Gasteiger partial charge < -0.3 is 19.7 Å². The van der Waals surface area contributed by atoms with E-state index in [1.807, 2.05) is 6.92 Å². The molecule has 4 rings (SSSR count). The Balaban J connectivity index is 1.81. The number of carbonyl (C=O) groups is 1. The molecule has 2 saturated heterocycles. The molecule has 110 valence electrons. The van der Waals surface area contributed by atoms with Crippen LogP contribution in [0.2, 0.25) is 0 Å². The molecule has 4 aliphatic rings. The van der Waals surface area contributed by atoms with Crippen LogP contribution in [-0.4, -0.2) is 52.6 Å². The summed E-state index contributed by atoms with van der Waals surface area (Å²) in [6.45, 7) is 4.24. The molecule has 2 N–H and O–H groups in total. The summed E-state index contributed by atoms with van der Waals surface area (Å²) < 4.78 is 11.3. The number of ketones is 1. The Bertz CT molecular complexity index is 522. The lowest BCUT2D eigenvalue weighted by Crippen LogP contribution is -2.55. The molecule has 0 radical (unpaired) electrons. The maximum atomic E-state index is 12.5. The first-order chi connectivity index (χ1) is 9.42. The summed E-state index contributed by atoms with van der Waals surface area (Å²) in [5.41, 5.74) is -1.15. The van der Waals surface area contributed by atoms with Crippen molar-refractivity contribution in [3.8, 4) is 0 Å². The molecule has 5 nitrogen and oxygen atoms in total. The number of epoxide rings is 2. The van der Waals surface area contributed by atoms with E-state index in [9.17, 15) is 15.0 Å². The molecule has 0 aromatic rings. The predicted molar refractivity (Wildman–Crippen MR) is 69.0 cm³/mol. The molecule has 0 aromatic heterocycles. The van der Waals surface area contributed by atoms with Gasteiger partial charge in [-0.2, -0.15) is 0 Å². The zero-order valence-electron chi connectivity index (χ0n) is 11.8. The Morgan fingerprint density at radius 2 is 2.20 bits per heavy atom. The van der Waals surface area contributed by atoms with Crippen molar-refractivity contribution >= 4 is 5.78 Å². The third-order valence-corrected chi connectivity index (χ3v) is 6.18. The highest BCUT2D eigenvalue weighted by atomic mass is 16.7. The van der Waals surface area contributed by atoms with Crippen molar-refractivity contribution in [1.29, 1.82) is 0 Å². The molecular formula is C15H20O5. The summed E-state index contributed by atoms with van der Waals surface area (Å²) in [6, 6.07) is 0. The van der Waals surface area contributed by atoms with Crippen LogP contribution >= 0.6 is 0 Å². The molecule has 2 aliphatic heterocycles. The molecule has 0 aromatic carbocycles. The van der Waals surface area contributed by atoms with Crippen molar-refractivity contribution in [2.75, 3.05) is 13.2 Å². The first-order valence-corrected chi connectivity index (χ1v) is 7.28. The minimum Gasteiger partial charge on any atom is -0.393 e. The van der Waals surface area contributed by atoms with Crippen molar-refractivity contribution in [1.82, 2.24) is 0 Å². The number of aliphatic hydroxyl groups excluding tert-OH is 2. The topological polar surface area (TPSA) is 82.6 Å². The van der Waals surface area contributed by atoms with Crippen molar-refractivity contribution in [3.05, 3.63) is 11.6 Å². The highest BCUT2D eigenvalue weighted by Crippen LogP contribution is 2.67. The van der Waals surface area contributed by atoms with Crippen LogP contribution in [0.25, 0.3) is 0 Å². The van der Waals surface area contributed by atoms with E-state index < -0.39 is 11.2 Å². The van der Waals surface area contributed by atoms with Crippen molar-refractivity contribution < 1.29 is 24.5 Å². The maximum Gasteiger partial charge on any atom is 0.193 e. The van der Waals surface area contributed by atoms with Gasteiger partial charge in [0.15, 0.2) is 17.0 Å². The maximum absolute atomic E-state index is 12.5. The number of carbonyl (C=O) groups excluding carboxylic acids is 1. The van der Waals surface area contributed by atoms with E-state index in [0.717, 1.165) is 12.0 Å². The summed E-state index contributed by atoms with van der Waals surface area (Å²) in [5.74, 6) is -0.0536. The molecular weight excluding hydrogens is 260 g/mol. The zero-order valence-corrected chi connectivity index (χ0v) is 11.8. The lowest BCUT2D eigenvalue weighted by molar-refractivity contribution is -0.123. The smallest absolute Gasteiger partial charge is 0.193 e. The van der Waals surface area contributed by atoms with Gasteiger partial charge in [-0.05, 0) is 24.8 Å². The van der Waals surface area contributed by atoms with Gasteiger partial charge in [-0.1, -0.05) is 19.4 Å². The van der Waals surface area contributed by atoms with E-state index in [0.29, 0.717) is 13.0 Å². The monoisotopic (exact) mass is 280 g/mol. The van der Waals surface area contributed by atoms with E-state index in [1.54, 1.807) is 6.08 Å². The molecule has 0 unspecified atom stereocenters. The van der Waals surface area contributed by atoms with Crippen LogP contribution in [0.1, 0.15) is 26.7 Å². The first-order valence-electron chi connectivity index (χ1n) is 7.28. The number of rotatable bonds is 2. The fourth-order valence-corrected chi connectivity index (χ4v) is 4.38. The largest absolute Gasteiger partial charge is 0.393 e. The van der Waals surface area contributed by atoms with Crippen LogP contribution in [0.15, 0.2) is 11.6 Å². The number of aliphatic hydroxyl groups is 2. The van der Waals surface area contributed by atoms with Gasteiger partial charge in [0.05, 0.1) is 19.3 Å². The van der Waals surface area contributed by atoms with E-state index >= 15 is 0 Å². The van der Waals surface area contributed by atoms with Crippen LogP contribution < -0.4 is 0 Å². The summed E-state index contributed by atoms with van der Waals surface area (Å²) in [5, 5.41) is 19.8. The third-order valence-electron chi connectivity index (χ3n) is 6.18. The SMILES string of the molecule is C[C@H]1[C@H](O)CCC2=CC(=O)[C@@]3([C@@]4(CO)CO4)O[C@H]3[C@@]21C. The molecule has 3 fully saturated rings. The second-order valence-electron chi connectivity index (χ2n) is 6.89. The predicted octanol–water partition coefficient (Wildman–Crippen LogP) is 0.192. The lowest BCUT2D eigenvalue weighted by Gasteiger charge is -2.46. The molecule has 1 saturated carbocycles. The van der Waals surface area contributed by atoms with Gasteiger partial charge in [0.2, 0.25) is 0 Å². The van der Waals surface area contributed by atoms with E-state index in [-0.39, 0.29) is 35.9 Å². The highest BCUT2D eigenvalue weighted by molar-refractivity contribution is 6.03. The first kappa shape index (κ1) is 13.0. The molecule has 0 spiro atoms. The van der Waals surface area contributed by atoms with E-state index in [4.69, 9.17) is 9.47 Å². The van der Waals surface area contributed by atoms with Crippen LogP contribution in [-0.2, 0) is 14.3 Å². The van der Waals surface area contributed by atoms with Crippen molar-refractivity contribution in [2.24, 2.45) is 11.3 Å². The van der Waals surface area contributed by atoms with E-state index in [1.165, 1.54) is 0 Å². The Morgan fingerprint density at radius 1 is 1.50 bits per heavy atom. The summed E-state index contributed by atoms with van der Waals surface area (Å²) >= 11 is 0. The van der Waals surface area contributed by atoms with Gasteiger partial charge in [-0.15, -0.1) is 0 Å². The average molecular weight is 280 g/mol. The van der Waals surface area contributed by atoms with Crippen LogP contribution in [0, 0.1) is 11.3 Å². The molecule has 20 heavy (non-hydrogen) atoms. The summed E-state index contributed by atoms with van der Waals surface area (Å²) in [4.78, 5) is 12.5. The van der Waals surface area contributed by atoms with Gasteiger partial charge in [0.25, 0.3) is 0 Å². The van der Waals surface area contributed by atoms with Crippen LogP contribution in [0.3, 0.4) is 0 Å². The molecule has 2 heterocycles. The molecule has 5 heteroatoms. The van der Waals surface area contributed by atoms with E-state index in [2.05, 4.69) is 6.92 Å². The highest BCUT2D eigenvalue weighted by Gasteiger charge is 2.84. The van der Waals surface area contributed by atoms with Gasteiger partial charge in [0, 0.05) is 5.41 Å². The Morgan fingerprint density at radius 3 is 2.80 bits per heavy atom. The lowest BCUT2D eigenvalue weighted by atomic mass is 9.56. The van der Waals surface area contributed by atoms with Crippen molar-refractivity contribution in [2.45, 2.75) is 50.1 Å². The van der Waals surface area contributed by atoms with Crippen LogP contribution in [0.5, 0.6) is 0 Å². The number of ether oxygens (including phenoxy) is 2. The molecule has 2 aliphatic carbocycles. The normalized spacial score (nSPS) is 56.7. The summed E-state index contributed by atoms with van der Waals surface area (Å²) in [6.07, 6.45) is 2.44. The fraction of sp³-hybridized carbons (Fsp3) is 0.800. The Hall–Kier alpha value is -0.750. The minimum atomic E-state index is -1.02. The molecule has 0 amide bonds. The van der Waals surface area contributed by atoms with Crippen LogP contribution in [0.4, 0.5) is 0 Å². The number of fused-ring (bicyclic) bond motifs is 3. The second kappa shape index (κ2) is 3.53. The number of hydrogen-bond donors (Lipinski definition) is 2. The standard InChI is InChI=1S/C15H20O5/c1-8-10(17)4-3-9-5-11(18)15(14(6-16)7-19-14)12(20-15)13(8,9)2/h5,8,10,12,16-17H,3-4,6-7H2,1-2H3/t8-,10+,12-,13+,14+,15+/m0/s1. The third kappa shape index (κ3) is 1.18. The Kier molecular flexibility index (Phi) is 2.28.